The first-order valence-electron chi connectivity index (χ1n) is 9.88. The number of carbonyl (C=O) groups excluding carboxylic acids is 2. The SMILES string of the molecule is CCC1Oc2ccc(NC(=O)Cc3ccccc3)cc2CN(CC(C)C)C1=O. The van der Waals surface area contributed by atoms with Crippen LogP contribution in [-0.4, -0.2) is 29.4 Å². The first-order valence-corrected chi connectivity index (χ1v) is 9.88. The first-order chi connectivity index (χ1) is 13.5. The Bertz CT molecular complexity index is 833. The predicted octanol–water partition coefficient (Wildman–Crippen LogP) is 4.02. The molecule has 148 valence electrons. The number of benzene rings is 2. The third-order valence-electron chi connectivity index (χ3n) is 4.73. The fourth-order valence-corrected chi connectivity index (χ4v) is 3.43. The van der Waals surface area contributed by atoms with Crippen LogP contribution in [0.5, 0.6) is 5.75 Å². The van der Waals surface area contributed by atoms with Gasteiger partial charge in [0.15, 0.2) is 6.10 Å². The Morgan fingerprint density at radius 2 is 1.96 bits per heavy atom. The molecule has 5 nitrogen and oxygen atoms in total. The quantitative estimate of drug-likeness (QED) is 0.823. The Kier molecular flexibility index (Phi) is 6.34. The molecule has 1 heterocycles. The molecule has 0 bridgehead atoms. The summed E-state index contributed by atoms with van der Waals surface area (Å²) in [6, 6.07) is 15.2. The molecule has 1 N–H and O–H groups in total. The number of amides is 2. The topological polar surface area (TPSA) is 58.6 Å². The molecule has 1 aliphatic rings. The second-order valence-corrected chi connectivity index (χ2v) is 7.66. The number of nitrogens with zero attached hydrogens (tertiary/aromatic N) is 1. The molecule has 2 aromatic carbocycles. The molecule has 0 fully saturated rings. The Morgan fingerprint density at radius 1 is 1.21 bits per heavy atom. The van der Waals surface area contributed by atoms with Crippen LogP contribution in [0.15, 0.2) is 48.5 Å². The number of anilines is 1. The molecular weight excluding hydrogens is 352 g/mol. The number of fused-ring (bicyclic) bond motifs is 1. The van der Waals surface area contributed by atoms with Gasteiger partial charge in [0.2, 0.25) is 5.91 Å². The van der Waals surface area contributed by atoms with Crippen molar-refractivity contribution in [1.82, 2.24) is 4.90 Å². The van der Waals surface area contributed by atoms with Gasteiger partial charge in [0.05, 0.1) is 6.42 Å². The van der Waals surface area contributed by atoms with Crippen molar-refractivity contribution in [2.24, 2.45) is 5.92 Å². The van der Waals surface area contributed by atoms with E-state index in [0.717, 1.165) is 16.8 Å². The Hall–Kier alpha value is -2.82. The molecule has 1 aliphatic heterocycles. The van der Waals surface area contributed by atoms with E-state index in [2.05, 4.69) is 19.2 Å². The van der Waals surface area contributed by atoms with Gasteiger partial charge in [-0.05, 0) is 36.1 Å². The molecule has 0 aliphatic carbocycles. The van der Waals surface area contributed by atoms with E-state index in [0.29, 0.717) is 37.6 Å². The summed E-state index contributed by atoms with van der Waals surface area (Å²) in [4.78, 5) is 27.0. The van der Waals surface area contributed by atoms with Gasteiger partial charge in [-0.2, -0.15) is 0 Å². The van der Waals surface area contributed by atoms with E-state index in [1.54, 1.807) is 0 Å². The zero-order chi connectivity index (χ0) is 20.1. The number of hydrogen-bond acceptors (Lipinski definition) is 3. The summed E-state index contributed by atoms with van der Waals surface area (Å²) >= 11 is 0. The highest BCUT2D eigenvalue weighted by molar-refractivity contribution is 5.92. The van der Waals surface area contributed by atoms with E-state index in [9.17, 15) is 9.59 Å². The Morgan fingerprint density at radius 3 is 2.64 bits per heavy atom. The van der Waals surface area contributed by atoms with E-state index >= 15 is 0 Å². The van der Waals surface area contributed by atoms with E-state index in [-0.39, 0.29) is 11.8 Å². The van der Waals surface area contributed by atoms with E-state index < -0.39 is 6.10 Å². The van der Waals surface area contributed by atoms with Crippen LogP contribution in [0.3, 0.4) is 0 Å². The molecule has 28 heavy (non-hydrogen) atoms. The standard InChI is InChI=1S/C23H28N2O3/c1-4-20-23(27)25(14-16(2)3)15-18-13-19(10-11-21(18)28-20)24-22(26)12-17-8-6-5-7-9-17/h5-11,13,16,20H,4,12,14-15H2,1-3H3,(H,24,26). The summed E-state index contributed by atoms with van der Waals surface area (Å²) in [5.74, 6) is 1.05. The number of ether oxygens (including phenoxy) is 1. The average molecular weight is 380 g/mol. The molecule has 2 amide bonds. The van der Waals surface area contributed by atoms with Gasteiger partial charge in [-0.25, -0.2) is 0 Å². The monoisotopic (exact) mass is 380 g/mol. The molecule has 0 saturated heterocycles. The Balaban J connectivity index is 1.77. The van der Waals surface area contributed by atoms with Crippen molar-refractivity contribution in [1.29, 1.82) is 0 Å². The van der Waals surface area contributed by atoms with Gasteiger partial charge in [0.1, 0.15) is 5.75 Å². The van der Waals surface area contributed by atoms with Crippen LogP contribution in [0, 0.1) is 5.92 Å². The normalized spacial score (nSPS) is 16.4. The van der Waals surface area contributed by atoms with Gasteiger partial charge in [-0.3, -0.25) is 9.59 Å². The smallest absolute Gasteiger partial charge is 0.263 e. The maximum absolute atomic E-state index is 12.8. The van der Waals surface area contributed by atoms with E-state index in [1.165, 1.54) is 0 Å². The molecule has 1 atom stereocenters. The first kappa shape index (κ1) is 19.9. The lowest BCUT2D eigenvalue weighted by Gasteiger charge is -2.24. The van der Waals surface area contributed by atoms with Crippen molar-refractivity contribution in [3.05, 3.63) is 59.7 Å². The molecule has 0 aromatic heterocycles. The van der Waals surface area contributed by atoms with Gasteiger partial charge >= 0.3 is 0 Å². The average Bonchev–Trinajstić information content (AvgIpc) is 2.78. The molecule has 3 rings (SSSR count). The summed E-state index contributed by atoms with van der Waals surface area (Å²) in [5, 5.41) is 2.96. The van der Waals surface area contributed by atoms with Crippen LogP contribution >= 0.6 is 0 Å². The van der Waals surface area contributed by atoms with Gasteiger partial charge < -0.3 is 15.0 Å². The maximum Gasteiger partial charge on any atom is 0.263 e. The van der Waals surface area contributed by atoms with Crippen molar-refractivity contribution in [2.45, 2.75) is 46.3 Å². The summed E-state index contributed by atoms with van der Waals surface area (Å²) in [7, 11) is 0. The van der Waals surface area contributed by atoms with Crippen molar-refractivity contribution in [3.63, 3.8) is 0 Å². The zero-order valence-electron chi connectivity index (χ0n) is 16.8. The molecule has 2 aromatic rings. The predicted molar refractivity (Wildman–Crippen MR) is 110 cm³/mol. The minimum atomic E-state index is -0.460. The molecule has 5 heteroatoms. The number of carbonyl (C=O) groups is 2. The van der Waals surface area contributed by atoms with Gasteiger partial charge in [0.25, 0.3) is 5.91 Å². The van der Waals surface area contributed by atoms with Crippen molar-refractivity contribution >= 4 is 17.5 Å². The van der Waals surface area contributed by atoms with Crippen LogP contribution in [0.2, 0.25) is 0 Å². The van der Waals surface area contributed by atoms with Crippen molar-refractivity contribution < 1.29 is 14.3 Å². The number of rotatable bonds is 6. The molecule has 0 radical (unpaired) electrons. The minimum Gasteiger partial charge on any atom is -0.480 e. The molecule has 0 spiro atoms. The van der Waals surface area contributed by atoms with Gasteiger partial charge in [-0.1, -0.05) is 51.1 Å². The van der Waals surface area contributed by atoms with Gasteiger partial charge in [0, 0.05) is 24.3 Å². The van der Waals surface area contributed by atoms with Crippen LogP contribution in [0.1, 0.15) is 38.3 Å². The highest BCUT2D eigenvalue weighted by Crippen LogP contribution is 2.29. The lowest BCUT2D eigenvalue weighted by Crippen LogP contribution is -2.41. The van der Waals surface area contributed by atoms with Crippen LogP contribution in [0.4, 0.5) is 5.69 Å². The summed E-state index contributed by atoms with van der Waals surface area (Å²) in [6.45, 7) is 7.33. The van der Waals surface area contributed by atoms with Crippen LogP contribution in [-0.2, 0) is 22.6 Å². The third-order valence-corrected chi connectivity index (χ3v) is 4.73. The fourth-order valence-electron chi connectivity index (χ4n) is 3.43. The maximum atomic E-state index is 12.8. The number of nitrogens with one attached hydrogen (secondary N) is 1. The molecule has 1 unspecified atom stereocenters. The summed E-state index contributed by atoms with van der Waals surface area (Å²) in [5.41, 5.74) is 2.61. The summed E-state index contributed by atoms with van der Waals surface area (Å²) in [6.07, 6.45) is 0.491. The zero-order valence-corrected chi connectivity index (χ0v) is 16.8. The van der Waals surface area contributed by atoms with E-state index in [1.807, 2.05) is 60.4 Å². The lowest BCUT2D eigenvalue weighted by molar-refractivity contribution is -0.139. The van der Waals surface area contributed by atoms with Crippen LogP contribution in [0.25, 0.3) is 0 Å². The van der Waals surface area contributed by atoms with Crippen LogP contribution < -0.4 is 10.1 Å². The molecule has 0 saturated carbocycles. The van der Waals surface area contributed by atoms with Gasteiger partial charge in [-0.15, -0.1) is 0 Å². The second-order valence-electron chi connectivity index (χ2n) is 7.66. The highest BCUT2D eigenvalue weighted by atomic mass is 16.5. The largest absolute Gasteiger partial charge is 0.480 e. The van der Waals surface area contributed by atoms with Crippen molar-refractivity contribution in [3.8, 4) is 5.75 Å². The lowest BCUT2D eigenvalue weighted by atomic mass is 10.1. The second kappa shape index (κ2) is 8.91. The van der Waals surface area contributed by atoms with E-state index in [4.69, 9.17) is 4.74 Å². The minimum absolute atomic E-state index is 0.0297. The molecular formula is C23H28N2O3. The fraction of sp³-hybridized carbons (Fsp3) is 0.391. The Labute approximate surface area is 166 Å². The van der Waals surface area contributed by atoms with Crippen molar-refractivity contribution in [2.75, 3.05) is 11.9 Å². The summed E-state index contributed by atoms with van der Waals surface area (Å²) < 4.78 is 5.98. The number of hydrogen-bond donors (Lipinski definition) is 1. The third kappa shape index (κ3) is 4.91. The highest BCUT2D eigenvalue weighted by Gasteiger charge is 2.30.